The van der Waals surface area contributed by atoms with Crippen molar-refractivity contribution < 1.29 is 13.9 Å². The van der Waals surface area contributed by atoms with E-state index in [0.717, 1.165) is 24.9 Å². The summed E-state index contributed by atoms with van der Waals surface area (Å²) in [4.78, 5) is 35.0. The molecule has 3 aromatic rings. The maximum atomic E-state index is 12.7. The molecule has 1 atom stereocenters. The molecule has 0 amide bonds. The van der Waals surface area contributed by atoms with Gasteiger partial charge in [0.05, 0.1) is 30.7 Å². The lowest BCUT2D eigenvalue weighted by Crippen LogP contribution is -2.39. The molecule has 0 saturated carbocycles. The van der Waals surface area contributed by atoms with Crippen molar-refractivity contribution in [3.8, 4) is 11.3 Å². The maximum absolute atomic E-state index is 12.7. The number of thiophene rings is 1. The predicted octanol–water partition coefficient (Wildman–Crippen LogP) is 3.02. The smallest absolute Gasteiger partial charge is 0.310 e. The predicted molar refractivity (Wildman–Crippen MR) is 103 cm³/mol. The standard InChI is InChI=1S/C19H21N3O4S/c1-2-25-19(24)12-5-3-7-22(9-12)10-15-20-17(23)16-13(11-27-18(16)21-15)14-6-4-8-26-14/h4,6,8,11-12H,2-3,5,7,9-10H2,1H3,(H,20,21,23)/t12-/m1/s1. The topological polar surface area (TPSA) is 88.4 Å². The molecule has 4 heterocycles. The summed E-state index contributed by atoms with van der Waals surface area (Å²) in [7, 11) is 0. The summed E-state index contributed by atoms with van der Waals surface area (Å²) in [5, 5.41) is 2.45. The van der Waals surface area contributed by atoms with Crippen molar-refractivity contribution in [1.82, 2.24) is 14.9 Å². The van der Waals surface area contributed by atoms with Gasteiger partial charge in [-0.15, -0.1) is 11.3 Å². The molecule has 3 aromatic heterocycles. The van der Waals surface area contributed by atoms with Crippen LogP contribution in [0.2, 0.25) is 0 Å². The largest absolute Gasteiger partial charge is 0.466 e. The summed E-state index contributed by atoms with van der Waals surface area (Å²) in [6, 6.07) is 3.63. The number of nitrogens with zero attached hydrogens (tertiary/aromatic N) is 2. The Bertz CT molecular complexity index is 992. The number of aromatic nitrogens is 2. The SMILES string of the molecule is CCOC(=O)[C@@H]1CCCN(Cc2nc3scc(-c4ccco4)c3c(=O)[nH]2)C1. The fraction of sp³-hybridized carbons (Fsp3) is 0.421. The molecule has 0 aliphatic carbocycles. The monoisotopic (exact) mass is 387 g/mol. The van der Waals surface area contributed by atoms with Gasteiger partial charge in [0.1, 0.15) is 16.4 Å². The van der Waals surface area contributed by atoms with Crippen molar-refractivity contribution in [2.75, 3.05) is 19.7 Å². The number of hydrogen-bond acceptors (Lipinski definition) is 7. The number of piperidine rings is 1. The Morgan fingerprint density at radius 2 is 2.41 bits per heavy atom. The summed E-state index contributed by atoms with van der Waals surface area (Å²) < 4.78 is 10.6. The first kappa shape index (κ1) is 17.9. The van der Waals surface area contributed by atoms with E-state index in [4.69, 9.17) is 9.15 Å². The summed E-state index contributed by atoms with van der Waals surface area (Å²) in [6.45, 7) is 4.23. The Hall–Kier alpha value is -2.45. The van der Waals surface area contributed by atoms with Crippen molar-refractivity contribution in [2.45, 2.75) is 26.3 Å². The minimum absolute atomic E-state index is 0.110. The van der Waals surface area contributed by atoms with Crippen molar-refractivity contribution in [3.63, 3.8) is 0 Å². The van der Waals surface area contributed by atoms with Crippen LogP contribution in [0.1, 0.15) is 25.6 Å². The molecule has 142 valence electrons. The summed E-state index contributed by atoms with van der Waals surface area (Å²) in [5.74, 6) is 1.03. The van der Waals surface area contributed by atoms with E-state index in [0.29, 0.717) is 41.5 Å². The van der Waals surface area contributed by atoms with Crippen LogP contribution < -0.4 is 5.56 Å². The van der Waals surface area contributed by atoms with E-state index in [-0.39, 0.29) is 17.4 Å². The molecule has 1 saturated heterocycles. The van der Waals surface area contributed by atoms with Crippen molar-refractivity contribution >= 4 is 27.5 Å². The second-order valence-corrected chi connectivity index (χ2v) is 7.50. The number of carbonyl (C=O) groups is 1. The van der Waals surface area contributed by atoms with E-state index in [2.05, 4.69) is 14.9 Å². The fourth-order valence-electron chi connectivity index (χ4n) is 3.54. The summed E-state index contributed by atoms with van der Waals surface area (Å²) >= 11 is 1.43. The molecule has 1 fully saturated rings. The zero-order valence-electron chi connectivity index (χ0n) is 15.1. The molecule has 8 heteroatoms. The average Bonchev–Trinajstić information content (AvgIpc) is 3.31. The molecule has 0 bridgehead atoms. The number of hydrogen-bond donors (Lipinski definition) is 1. The van der Waals surface area contributed by atoms with Crippen LogP contribution in [0.4, 0.5) is 0 Å². The van der Waals surface area contributed by atoms with Gasteiger partial charge < -0.3 is 14.1 Å². The van der Waals surface area contributed by atoms with Crippen LogP contribution in [0.15, 0.2) is 33.0 Å². The highest BCUT2D eigenvalue weighted by Crippen LogP contribution is 2.31. The lowest BCUT2D eigenvalue weighted by atomic mass is 9.98. The van der Waals surface area contributed by atoms with Gasteiger partial charge in [0.25, 0.3) is 5.56 Å². The van der Waals surface area contributed by atoms with Crippen molar-refractivity contribution in [1.29, 1.82) is 0 Å². The Balaban J connectivity index is 1.55. The molecule has 27 heavy (non-hydrogen) atoms. The van der Waals surface area contributed by atoms with Gasteiger partial charge in [-0.3, -0.25) is 14.5 Å². The number of likely N-dealkylation sites (tertiary alicyclic amines) is 1. The Labute approximate surface area is 160 Å². The number of aromatic amines is 1. The number of rotatable bonds is 5. The van der Waals surface area contributed by atoms with Gasteiger partial charge in [-0.05, 0) is 38.4 Å². The Morgan fingerprint density at radius 3 is 3.19 bits per heavy atom. The van der Waals surface area contributed by atoms with E-state index in [1.165, 1.54) is 11.3 Å². The second-order valence-electron chi connectivity index (χ2n) is 6.65. The fourth-order valence-corrected chi connectivity index (χ4v) is 4.49. The third-order valence-electron chi connectivity index (χ3n) is 4.78. The minimum Gasteiger partial charge on any atom is -0.466 e. The number of nitrogens with one attached hydrogen (secondary N) is 1. The van der Waals surface area contributed by atoms with Crippen LogP contribution in [0.5, 0.6) is 0 Å². The highest BCUT2D eigenvalue weighted by atomic mass is 32.1. The normalized spacial score (nSPS) is 18.0. The molecular formula is C19H21N3O4S. The van der Waals surface area contributed by atoms with Gasteiger partial charge in [-0.2, -0.15) is 0 Å². The van der Waals surface area contributed by atoms with Gasteiger partial charge in [0.15, 0.2) is 0 Å². The van der Waals surface area contributed by atoms with E-state index >= 15 is 0 Å². The number of fused-ring (bicyclic) bond motifs is 1. The third-order valence-corrected chi connectivity index (χ3v) is 5.65. The lowest BCUT2D eigenvalue weighted by molar-refractivity contribution is -0.150. The van der Waals surface area contributed by atoms with E-state index in [9.17, 15) is 9.59 Å². The molecule has 7 nitrogen and oxygen atoms in total. The van der Waals surface area contributed by atoms with Crippen LogP contribution in [-0.2, 0) is 16.1 Å². The first-order valence-corrected chi connectivity index (χ1v) is 9.97. The van der Waals surface area contributed by atoms with Gasteiger partial charge in [-0.1, -0.05) is 0 Å². The highest BCUT2D eigenvalue weighted by Gasteiger charge is 2.27. The number of ether oxygens (including phenoxy) is 1. The third kappa shape index (κ3) is 3.68. The molecular weight excluding hydrogens is 366 g/mol. The van der Waals surface area contributed by atoms with Crippen LogP contribution in [0.3, 0.4) is 0 Å². The zero-order valence-corrected chi connectivity index (χ0v) is 15.9. The van der Waals surface area contributed by atoms with Crippen LogP contribution >= 0.6 is 11.3 Å². The van der Waals surface area contributed by atoms with Crippen LogP contribution in [-0.4, -0.2) is 40.5 Å². The molecule has 1 N–H and O–H groups in total. The number of carbonyl (C=O) groups excluding carboxylic acids is 1. The molecule has 0 unspecified atom stereocenters. The van der Waals surface area contributed by atoms with Gasteiger partial charge >= 0.3 is 5.97 Å². The maximum Gasteiger partial charge on any atom is 0.310 e. The molecule has 4 rings (SSSR count). The van der Waals surface area contributed by atoms with E-state index in [1.807, 2.05) is 18.4 Å². The first-order chi connectivity index (χ1) is 13.2. The zero-order chi connectivity index (χ0) is 18.8. The summed E-state index contributed by atoms with van der Waals surface area (Å²) in [5.41, 5.74) is 0.599. The Morgan fingerprint density at radius 1 is 1.52 bits per heavy atom. The van der Waals surface area contributed by atoms with Crippen LogP contribution in [0.25, 0.3) is 21.5 Å². The minimum atomic E-state index is -0.165. The molecule has 1 aliphatic heterocycles. The van der Waals surface area contributed by atoms with Crippen molar-refractivity contribution in [3.05, 3.63) is 40.0 Å². The number of H-pyrrole nitrogens is 1. The second kappa shape index (κ2) is 7.66. The number of furan rings is 1. The Kier molecular flexibility index (Phi) is 5.09. The highest BCUT2D eigenvalue weighted by molar-refractivity contribution is 7.17. The average molecular weight is 387 g/mol. The number of esters is 1. The van der Waals surface area contributed by atoms with E-state index < -0.39 is 0 Å². The quantitative estimate of drug-likeness (QED) is 0.677. The molecule has 0 spiro atoms. The summed E-state index contributed by atoms with van der Waals surface area (Å²) in [6.07, 6.45) is 3.36. The van der Waals surface area contributed by atoms with E-state index in [1.54, 1.807) is 12.3 Å². The van der Waals surface area contributed by atoms with Crippen LogP contribution in [0, 0.1) is 5.92 Å². The van der Waals surface area contributed by atoms with Crippen molar-refractivity contribution in [2.24, 2.45) is 5.92 Å². The first-order valence-electron chi connectivity index (χ1n) is 9.09. The van der Waals surface area contributed by atoms with Gasteiger partial charge in [-0.25, -0.2) is 4.98 Å². The van der Waals surface area contributed by atoms with Gasteiger partial charge in [0.2, 0.25) is 0 Å². The molecule has 0 aromatic carbocycles. The van der Waals surface area contributed by atoms with Gasteiger partial charge in [0, 0.05) is 17.5 Å². The molecule has 0 radical (unpaired) electrons. The lowest BCUT2D eigenvalue weighted by Gasteiger charge is -2.30. The molecule has 1 aliphatic rings.